The summed E-state index contributed by atoms with van der Waals surface area (Å²) in [6.45, 7) is 2.19. The Hall–Kier alpha value is -3.92. The second-order valence-corrected chi connectivity index (χ2v) is 9.52. The molecule has 0 saturated carbocycles. The van der Waals surface area contributed by atoms with Crippen LogP contribution in [0.25, 0.3) is 0 Å². The Labute approximate surface area is 214 Å². The molecule has 1 aromatic heterocycles. The van der Waals surface area contributed by atoms with Crippen LogP contribution in [0.15, 0.2) is 115 Å². The minimum absolute atomic E-state index is 0.187. The van der Waals surface area contributed by atoms with Gasteiger partial charge in [-0.05, 0) is 47.6 Å². The van der Waals surface area contributed by atoms with Crippen molar-refractivity contribution in [2.45, 2.75) is 37.8 Å². The highest BCUT2D eigenvalue weighted by molar-refractivity contribution is 5.85. The monoisotopic (exact) mass is 475 g/mol. The summed E-state index contributed by atoms with van der Waals surface area (Å²) in [4.78, 5) is 23.1. The predicted molar refractivity (Wildman–Crippen MR) is 146 cm³/mol. The van der Waals surface area contributed by atoms with Crippen LogP contribution >= 0.6 is 0 Å². The molecule has 1 unspecified atom stereocenters. The largest absolute Gasteiger partial charge is 0.341 e. The Kier molecular flexibility index (Phi) is 7.72. The lowest BCUT2D eigenvalue weighted by molar-refractivity contribution is -0.133. The zero-order valence-corrected chi connectivity index (χ0v) is 20.6. The Morgan fingerprint density at radius 1 is 0.778 bits per heavy atom. The van der Waals surface area contributed by atoms with Gasteiger partial charge in [-0.15, -0.1) is 0 Å². The van der Waals surface area contributed by atoms with E-state index in [1.807, 2.05) is 60.8 Å². The Bertz CT molecular complexity index is 1210. The fraction of sp³-hybridized carbons (Fsp3) is 0.250. The number of pyridine rings is 1. The number of rotatable bonds is 8. The Morgan fingerprint density at radius 3 is 1.97 bits per heavy atom. The van der Waals surface area contributed by atoms with Crippen LogP contribution < -0.4 is 4.90 Å². The van der Waals surface area contributed by atoms with Gasteiger partial charge in [-0.25, -0.2) is 4.98 Å². The van der Waals surface area contributed by atoms with Crippen LogP contribution in [0.3, 0.4) is 0 Å². The third-order valence-corrected chi connectivity index (χ3v) is 7.15. The molecule has 1 fully saturated rings. The molecule has 4 aromatic rings. The van der Waals surface area contributed by atoms with Crippen LogP contribution in [0, 0.1) is 0 Å². The number of carbonyl (C=O) groups excluding carboxylic acids is 1. The molecule has 3 aromatic carbocycles. The van der Waals surface area contributed by atoms with E-state index < -0.39 is 0 Å². The van der Waals surface area contributed by atoms with Gasteiger partial charge in [0.25, 0.3) is 0 Å². The van der Waals surface area contributed by atoms with E-state index in [-0.39, 0.29) is 11.9 Å². The van der Waals surface area contributed by atoms with Crippen molar-refractivity contribution in [2.24, 2.45) is 0 Å². The fourth-order valence-electron chi connectivity index (χ4n) is 5.19. The van der Waals surface area contributed by atoms with Crippen LogP contribution in [0.1, 0.15) is 35.4 Å². The van der Waals surface area contributed by atoms with Gasteiger partial charge in [-0.3, -0.25) is 4.79 Å². The number of amides is 1. The van der Waals surface area contributed by atoms with Gasteiger partial charge in [-0.2, -0.15) is 0 Å². The molecule has 1 atom stereocenters. The first-order valence-corrected chi connectivity index (χ1v) is 12.9. The molecule has 1 amide bonds. The zero-order chi connectivity index (χ0) is 24.6. The van der Waals surface area contributed by atoms with Crippen LogP contribution in [0.2, 0.25) is 0 Å². The summed E-state index contributed by atoms with van der Waals surface area (Å²) in [6, 6.07) is 37.0. The molecule has 4 heteroatoms. The van der Waals surface area contributed by atoms with Crippen LogP contribution in [0.4, 0.5) is 5.82 Å². The lowest BCUT2D eigenvalue weighted by Gasteiger charge is -2.39. The van der Waals surface area contributed by atoms with Crippen molar-refractivity contribution in [2.75, 3.05) is 18.0 Å². The van der Waals surface area contributed by atoms with Crippen molar-refractivity contribution in [1.82, 2.24) is 9.88 Å². The van der Waals surface area contributed by atoms with E-state index in [4.69, 9.17) is 0 Å². The second kappa shape index (κ2) is 11.7. The van der Waals surface area contributed by atoms with E-state index in [0.29, 0.717) is 18.9 Å². The first-order valence-electron chi connectivity index (χ1n) is 12.9. The highest BCUT2D eigenvalue weighted by Gasteiger charge is 2.33. The first kappa shape index (κ1) is 23.8. The van der Waals surface area contributed by atoms with Crippen molar-refractivity contribution in [3.63, 3.8) is 0 Å². The lowest BCUT2D eigenvalue weighted by atomic mass is 9.89. The van der Waals surface area contributed by atoms with Gasteiger partial charge in [0, 0.05) is 32.3 Å². The van der Waals surface area contributed by atoms with Gasteiger partial charge >= 0.3 is 0 Å². The number of aromatic nitrogens is 1. The molecule has 182 valence electrons. The van der Waals surface area contributed by atoms with Gasteiger partial charge in [0.15, 0.2) is 0 Å². The van der Waals surface area contributed by atoms with Crippen molar-refractivity contribution in [1.29, 1.82) is 0 Å². The minimum Gasteiger partial charge on any atom is -0.341 e. The maximum Gasteiger partial charge on any atom is 0.245 e. The van der Waals surface area contributed by atoms with E-state index in [2.05, 4.69) is 69.4 Å². The molecule has 0 radical (unpaired) electrons. The third-order valence-electron chi connectivity index (χ3n) is 7.15. The van der Waals surface area contributed by atoms with E-state index in [9.17, 15) is 4.79 Å². The molecule has 5 rings (SSSR count). The maximum atomic E-state index is 14.2. The van der Waals surface area contributed by atoms with Crippen LogP contribution in [0.5, 0.6) is 0 Å². The molecule has 36 heavy (non-hydrogen) atoms. The number of likely N-dealkylation sites (tertiary alicyclic amines) is 1. The van der Waals surface area contributed by atoms with Crippen LogP contribution in [-0.2, 0) is 17.8 Å². The molecule has 0 spiro atoms. The number of piperidine rings is 1. The molecule has 1 aliphatic heterocycles. The van der Waals surface area contributed by atoms with Gasteiger partial charge in [0.2, 0.25) is 5.91 Å². The molecular weight excluding hydrogens is 442 g/mol. The summed E-state index contributed by atoms with van der Waals surface area (Å²) < 4.78 is 0. The van der Waals surface area contributed by atoms with Gasteiger partial charge in [-0.1, -0.05) is 97.1 Å². The summed E-state index contributed by atoms with van der Waals surface area (Å²) in [7, 11) is 0. The van der Waals surface area contributed by atoms with Crippen molar-refractivity contribution in [3.8, 4) is 0 Å². The summed E-state index contributed by atoms with van der Waals surface area (Å²) in [5.41, 5.74) is 3.70. The minimum atomic E-state index is -0.337. The molecule has 1 aliphatic rings. The average molecular weight is 476 g/mol. The summed E-state index contributed by atoms with van der Waals surface area (Å²) in [6.07, 6.45) is 4.44. The van der Waals surface area contributed by atoms with E-state index in [0.717, 1.165) is 42.9 Å². The Morgan fingerprint density at radius 2 is 1.36 bits per heavy atom. The van der Waals surface area contributed by atoms with Gasteiger partial charge in [0.05, 0.1) is 0 Å². The zero-order valence-electron chi connectivity index (χ0n) is 20.6. The topological polar surface area (TPSA) is 36.4 Å². The number of benzene rings is 3. The second-order valence-electron chi connectivity index (χ2n) is 9.52. The number of nitrogens with zero attached hydrogens (tertiary/aromatic N) is 3. The average Bonchev–Trinajstić information content (AvgIpc) is 2.97. The van der Waals surface area contributed by atoms with E-state index in [1.165, 1.54) is 5.56 Å². The van der Waals surface area contributed by atoms with Gasteiger partial charge < -0.3 is 9.80 Å². The highest BCUT2D eigenvalue weighted by atomic mass is 16.2. The highest BCUT2D eigenvalue weighted by Crippen LogP contribution is 2.29. The summed E-state index contributed by atoms with van der Waals surface area (Å²) in [5, 5.41) is 0. The SMILES string of the molecule is O=C(C(Cc1ccccc1)N(Cc1ccccc1)c1ccccn1)N1CCC(c2ccccc2)CC1. The van der Waals surface area contributed by atoms with E-state index >= 15 is 0 Å². The number of hydrogen-bond acceptors (Lipinski definition) is 3. The number of hydrogen-bond donors (Lipinski definition) is 0. The predicted octanol–water partition coefficient (Wildman–Crippen LogP) is 6.11. The fourth-order valence-corrected chi connectivity index (χ4v) is 5.19. The smallest absolute Gasteiger partial charge is 0.245 e. The molecular formula is C32H33N3O. The Balaban J connectivity index is 1.42. The first-order chi connectivity index (χ1) is 17.8. The van der Waals surface area contributed by atoms with Crippen molar-refractivity contribution >= 4 is 11.7 Å². The molecule has 4 nitrogen and oxygen atoms in total. The standard InChI is InChI=1S/C32H33N3O/c36-32(34-22-19-29(20-23-34)28-16-8-3-9-17-28)30(24-26-12-4-1-5-13-26)35(31-18-10-11-21-33-31)25-27-14-6-2-7-15-27/h1-18,21,29-30H,19-20,22-25H2. The normalized spacial score (nSPS) is 14.8. The van der Waals surface area contributed by atoms with Crippen molar-refractivity contribution < 1.29 is 4.79 Å². The van der Waals surface area contributed by atoms with E-state index in [1.54, 1.807) is 0 Å². The number of carbonyl (C=O) groups is 1. The van der Waals surface area contributed by atoms with Crippen molar-refractivity contribution in [3.05, 3.63) is 132 Å². The van der Waals surface area contributed by atoms with Crippen LogP contribution in [-0.4, -0.2) is 34.9 Å². The van der Waals surface area contributed by atoms with Gasteiger partial charge in [0.1, 0.15) is 11.9 Å². The molecule has 0 bridgehead atoms. The molecule has 0 aliphatic carbocycles. The third kappa shape index (κ3) is 5.83. The molecule has 0 N–H and O–H groups in total. The summed E-state index contributed by atoms with van der Waals surface area (Å²) in [5.74, 6) is 1.53. The summed E-state index contributed by atoms with van der Waals surface area (Å²) >= 11 is 0. The quantitative estimate of drug-likeness (QED) is 0.309. The lowest BCUT2D eigenvalue weighted by Crippen LogP contribution is -2.52. The molecule has 2 heterocycles. The number of anilines is 1. The molecule has 1 saturated heterocycles. The maximum absolute atomic E-state index is 14.2.